The van der Waals surface area contributed by atoms with Crippen molar-refractivity contribution in [2.45, 2.75) is 33.0 Å². The molecule has 0 bridgehead atoms. The van der Waals surface area contributed by atoms with Crippen molar-refractivity contribution in [3.05, 3.63) is 59.4 Å². The van der Waals surface area contributed by atoms with E-state index in [0.29, 0.717) is 13.0 Å². The maximum absolute atomic E-state index is 9.96. The van der Waals surface area contributed by atoms with Gasteiger partial charge in [-0.25, -0.2) is 0 Å². The Morgan fingerprint density at radius 3 is 2.68 bits per heavy atom. The Morgan fingerprint density at radius 2 is 1.95 bits per heavy atom. The molecule has 1 atom stereocenters. The molecule has 1 aromatic heterocycles. The molecule has 0 amide bonds. The maximum atomic E-state index is 9.96. The highest BCUT2D eigenvalue weighted by Crippen LogP contribution is 2.27. The predicted molar refractivity (Wildman–Crippen MR) is 75.0 cm³/mol. The normalized spacial score (nSPS) is 12.2. The molecule has 1 aromatic carbocycles. The van der Waals surface area contributed by atoms with Gasteiger partial charge in [-0.1, -0.05) is 31.2 Å². The van der Waals surface area contributed by atoms with Gasteiger partial charge in [-0.05, 0) is 31.5 Å². The number of aromatic nitrogens is 1. The highest BCUT2D eigenvalue weighted by atomic mass is 16.5. The number of aryl methyl sites for hydroxylation is 1. The van der Waals surface area contributed by atoms with Crippen molar-refractivity contribution in [3.63, 3.8) is 0 Å². The molecule has 0 unspecified atom stereocenters. The minimum atomic E-state index is -0.485. The summed E-state index contributed by atoms with van der Waals surface area (Å²) in [6.07, 6.45) is 0.185. The SMILES string of the molecule is CC[C@H](O)c1ccccc1OCc1cccc(C)n1. The lowest BCUT2D eigenvalue weighted by atomic mass is 10.1. The minimum absolute atomic E-state index is 0.412. The molecule has 2 aromatic rings. The average Bonchev–Trinajstić information content (AvgIpc) is 2.45. The number of pyridine rings is 1. The number of para-hydroxylation sites is 1. The first-order chi connectivity index (χ1) is 9.20. The van der Waals surface area contributed by atoms with Gasteiger partial charge in [0, 0.05) is 11.3 Å². The molecule has 0 aliphatic heterocycles. The Labute approximate surface area is 113 Å². The van der Waals surface area contributed by atoms with E-state index in [1.54, 1.807) is 0 Å². The van der Waals surface area contributed by atoms with Gasteiger partial charge in [0.25, 0.3) is 0 Å². The van der Waals surface area contributed by atoms with Crippen molar-refractivity contribution in [1.29, 1.82) is 0 Å². The topological polar surface area (TPSA) is 42.4 Å². The lowest BCUT2D eigenvalue weighted by Gasteiger charge is -2.14. The van der Waals surface area contributed by atoms with Crippen LogP contribution in [0.4, 0.5) is 0 Å². The van der Waals surface area contributed by atoms with Gasteiger partial charge in [-0.15, -0.1) is 0 Å². The van der Waals surface area contributed by atoms with Crippen LogP contribution >= 0.6 is 0 Å². The van der Waals surface area contributed by atoms with Gasteiger partial charge in [-0.2, -0.15) is 0 Å². The Bertz CT molecular complexity index is 540. The van der Waals surface area contributed by atoms with Gasteiger partial charge in [0.1, 0.15) is 12.4 Å². The fourth-order valence-electron chi connectivity index (χ4n) is 1.94. The largest absolute Gasteiger partial charge is 0.487 e. The Morgan fingerprint density at radius 1 is 1.16 bits per heavy atom. The van der Waals surface area contributed by atoms with E-state index in [9.17, 15) is 5.11 Å². The minimum Gasteiger partial charge on any atom is -0.487 e. The summed E-state index contributed by atoms with van der Waals surface area (Å²) in [6.45, 7) is 4.32. The van der Waals surface area contributed by atoms with Crippen LogP contribution in [0, 0.1) is 6.92 Å². The van der Waals surface area contributed by atoms with E-state index in [1.165, 1.54) is 0 Å². The van der Waals surface area contributed by atoms with Crippen LogP contribution in [0.2, 0.25) is 0 Å². The lowest BCUT2D eigenvalue weighted by molar-refractivity contribution is 0.166. The first-order valence-corrected chi connectivity index (χ1v) is 6.53. The van der Waals surface area contributed by atoms with Crippen molar-refractivity contribution >= 4 is 0 Å². The quantitative estimate of drug-likeness (QED) is 0.892. The zero-order valence-corrected chi connectivity index (χ0v) is 11.3. The van der Waals surface area contributed by atoms with Crippen LogP contribution in [0.1, 0.15) is 36.4 Å². The van der Waals surface area contributed by atoms with E-state index < -0.39 is 6.10 Å². The van der Waals surface area contributed by atoms with E-state index >= 15 is 0 Å². The van der Waals surface area contributed by atoms with Crippen LogP contribution < -0.4 is 4.74 Å². The van der Waals surface area contributed by atoms with Gasteiger partial charge in [0.05, 0.1) is 11.8 Å². The van der Waals surface area contributed by atoms with Gasteiger partial charge >= 0.3 is 0 Å². The van der Waals surface area contributed by atoms with Gasteiger partial charge in [-0.3, -0.25) is 4.98 Å². The summed E-state index contributed by atoms with van der Waals surface area (Å²) in [6, 6.07) is 13.5. The molecule has 0 aliphatic rings. The van der Waals surface area contributed by atoms with Crippen LogP contribution in [-0.4, -0.2) is 10.1 Å². The number of aliphatic hydroxyl groups is 1. The number of ether oxygens (including phenoxy) is 1. The molecule has 0 saturated heterocycles. The van der Waals surface area contributed by atoms with Gasteiger partial charge < -0.3 is 9.84 Å². The van der Waals surface area contributed by atoms with Crippen molar-refractivity contribution in [1.82, 2.24) is 4.98 Å². The van der Waals surface area contributed by atoms with Gasteiger partial charge in [0.2, 0.25) is 0 Å². The smallest absolute Gasteiger partial charge is 0.130 e. The summed E-state index contributed by atoms with van der Waals surface area (Å²) in [5.74, 6) is 0.722. The molecule has 1 N–H and O–H groups in total. The summed E-state index contributed by atoms with van der Waals surface area (Å²) in [5, 5.41) is 9.96. The zero-order valence-electron chi connectivity index (χ0n) is 11.3. The summed E-state index contributed by atoms with van der Waals surface area (Å²) >= 11 is 0. The Kier molecular flexibility index (Phi) is 4.53. The number of hydrogen-bond donors (Lipinski definition) is 1. The second-order valence-electron chi connectivity index (χ2n) is 4.52. The van der Waals surface area contributed by atoms with Crippen molar-refractivity contribution in [2.24, 2.45) is 0 Å². The Hall–Kier alpha value is -1.87. The fourth-order valence-corrected chi connectivity index (χ4v) is 1.94. The third-order valence-electron chi connectivity index (χ3n) is 2.99. The summed E-state index contributed by atoms with van der Waals surface area (Å²) < 4.78 is 5.78. The predicted octanol–water partition coefficient (Wildman–Crippen LogP) is 3.41. The number of nitrogens with zero attached hydrogens (tertiary/aromatic N) is 1. The molecule has 19 heavy (non-hydrogen) atoms. The number of rotatable bonds is 5. The molecule has 0 radical (unpaired) electrons. The third kappa shape index (κ3) is 3.55. The zero-order chi connectivity index (χ0) is 13.7. The van der Waals surface area contributed by atoms with E-state index in [-0.39, 0.29) is 0 Å². The molecule has 3 nitrogen and oxygen atoms in total. The van der Waals surface area contributed by atoms with Crippen LogP contribution in [0.5, 0.6) is 5.75 Å². The van der Waals surface area contributed by atoms with Crippen molar-refractivity contribution in [2.75, 3.05) is 0 Å². The maximum Gasteiger partial charge on any atom is 0.130 e. The summed E-state index contributed by atoms with van der Waals surface area (Å²) in [7, 11) is 0. The lowest BCUT2D eigenvalue weighted by Crippen LogP contribution is -2.03. The molecule has 0 spiro atoms. The van der Waals surface area contributed by atoms with Crippen molar-refractivity contribution in [3.8, 4) is 5.75 Å². The van der Waals surface area contributed by atoms with Crippen LogP contribution in [0.3, 0.4) is 0 Å². The Balaban J connectivity index is 2.11. The number of benzene rings is 1. The molecule has 100 valence electrons. The molecule has 2 rings (SSSR count). The molecule has 0 fully saturated rings. The summed E-state index contributed by atoms with van der Waals surface area (Å²) in [4.78, 5) is 4.40. The van der Waals surface area contributed by atoms with E-state index in [4.69, 9.17) is 4.74 Å². The average molecular weight is 257 g/mol. The number of hydrogen-bond acceptors (Lipinski definition) is 3. The van der Waals surface area contributed by atoms with Gasteiger partial charge in [0.15, 0.2) is 0 Å². The highest BCUT2D eigenvalue weighted by Gasteiger charge is 2.11. The summed E-state index contributed by atoms with van der Waals surface area (Å²) in [5.41, 5.74) is 2.70. The third-order valence-corrected chi connectivity index (χ3v) is 2.99. The fraction of sp³-hybridized carbons (Fsp3) is 0.312. The first-order valence-electron chi connectivity index (χ1n) is 6.53. The molecule has 3 heteroatoms. The standard InChI is InChI=1S/C16H19NO2/c1-3-15(18)14-9-4-5-10-16(14)19-11-13-8-6-7-12(2)17-13/h4-10,15,18H,3,11H2,1-2H3/t15-/m0/s1. The highest BCUT2D eigenvalue weighted by molar-refractivity contribution is 5.35. The van der Waals surface area contributed by atoms with E-state index in [2.05, 4.69) is 4.98 Å². The molecule has 0 aliphatic carbocycles. The van der Waals surface area contributed by atoms with Crippen molar-refractivity contribution < 1.29 is 9.84 Å². The van der Waals surface area contributed by atoms with Crippen LogP contribution in [-0.2, 0) is 6.61 Å². The van der Waals surface area contributed by atoms with Crippen LogP contribution in [0.25, 0.3) is 0 Å². The van der Waals surface area contributed by atoms with Crippen LogP contribution in [0.15, 0.2) is 42.5 Å². The molecule has 1 heterocycles. The van der Waals surface area contributed by atoms with E-state index in [0.717, 1.165) is 22.7 Å². The molecular weight excluding hydrogens is 238 g/mol. The number of aliphatic hydroxyl groups excluding tert-OH is 1. The second-order valence-corrected chi connectivity index (χ2v) is 4.52. The second kappa shape index (κ2) is 6.34. The van der Waals surface area contributed by atoms with E-state index in [1.807, 2.05) is 56.3 Å². The molecule has 0 saturated carbocycles. The molecular formula is C16H19NO2. The first kappa shape index (κ1) is 13.6. The monoisotopic (exact) mass is 257 g/mol.